The van der Waals surface area contributed by atoms with E-state index in [2.05, 4.69) is 14.7 Å². The molecular weight excluding hydrogens is 481 g/mol. The molecule has 2 aromatic carbocycles. The van der Waals surface area contributed by atoms with E-state index in [1.807, 2.05) is 0 Å². The van der Waals surface area contributed by atoms with E-state index in [0.717, 1.165) is 5.56 Å². The second kappa shape index (κ2) is 9.82. The van der Waals surface area contributed by atoms with E-state index < -0.39 is 6.61 Å². The minimum absolute atomic E-state index is 0. The Bertz CT molecular complexity index is 716. The van der Waals surface area contributed by atoms with Gasteiger partial charge in [-0.15, -0.1) is 0 Å². The summed E-state index contributed by atoms with van der Waals surface area (Å²) in [5.41, 5.74) is 7.82. The van der Waals surface area contributed by atoms with E-state index in [1.54, 1.807) is 24.3 Å². The quantitative estimate of drug-likeness (QED) is 0.279. The molecule has 0 radical (unpaired) electrons. The molecule has 0 aromatic heterocycles. The van der Waals surface area contributed by atoms with Gasteiger partial charge in [-0.25, -0.2) is 9.98 Å². The van der Waals surface area contributed by atoms with Crippen LogP contribution in [0.15, 0.2) is 58.5 Å². The summed E-state index contributed by atoms with van der Waals surface area (Å²) in [6.45, 7) is -2.12. The number of nitrogens with one attached hydrogen (secondary N) is 1. The van der Waals surface area contributed by atoms with Gasteiger partial charge in [-0.1, -0.05) is 24.3 Å². The van der Waals surface area contributed by atoms with E-state index in [9.17, 15) is 8.78 Å². The topological polar surface area (TPSA) is 83.8 Å². The second-order valence-electron chi connectivity index (χ2n) is 4.35. The van der Waals surface area contributed by atoms with Gasteiger partial charge in [-0.2, -0.15) is 0 Å². The van der Waals surface area contributed by atoms with Crippen LogP contribution in [0.5, 0.6) is 5.75 Å². The van der Waals surface area contributed by atoms with Gasteiger partial charge in [0.2, 0.25) is 0 Å². The smallest absolute Gasteiger partial charge is 0.166 e. The summed E-state index contributed by atoms with van der Waals surface area (Å²) in [5, 5.41) is 7.12. The monoisotopic (exact) mass is 495 g/mol. The maximum atomic E-state index is 11.9. The normalized spacial score (nSPS) is 11.4. The van der Waals surface area contributed by atoms with Crippen molar-refractivity contribution in [1.29, 1.82) is 5.41 Å². The van der Waals surface area contributed by atoms with Crippen molar-refractivity contribution in [3.8, 4) is 5.75 Å². The molecule has 5 nitrogen and oxygen atoms in total. The molecule has 0 unspecified atom stereocenters. The zero-order valence-corrected chi connectivity index (χ0v) is 16.0. The number of ether oxygens (including phenoxy) is 1. The zero-order valence-electron chi connectivity index (χ0n) is 12.4. The van der Waals surface area contributed by atoms with Crippen LogP contribution in [0, 0.1) is 12.0 Å². The molecule has 2 aromatic rings. The van der Waals surface area contributed by atoms with Crippen molar-refractivity contribution in [3.05, 3.63) is 66.3 Å². The van der Waals surface area contributed by atoms with Crippen LogP contribution in [-0.2, 0) is 25.8 Å². The van der Waals surface area contributed by atoms with Crippen molar-refractivity contribution >= 4 is 24.1 Å². The van der Waals surface area contributed by atoms with E-state index in [-0.39, 0.29) is 37.4 Å². The van der Waals surface area contributed by atoms with E-state index in [0.29, 0.717) is 11.3 Å². The molecule has 0 heterocycles. The first-order valence-electron chi connectivity index (χ1n) is 6.51. The molecule has 0 fully saturated rings. The van der Waals surface area contributed by atoms with Gasteiger partial charge in [0.25, 0.3) is 0 Å². The van der Waals surface area contributed by atoms with Gasteiger partial charge in [0.05, 0.1) is 11.4 Å². The van der Waals surface area contributed by atoms with Crippen LogP contribution in [0.4, 0.5) is 14.5 Å². The Morgan fingerprint density at radius 2 is 1.71 bits per heavy atom. The molecule has 0 aliphatic carbocycles. The van der Waals surface area contributed by atoms with Crippen LogP contribution >= 0.6 is 0 Å². The maximum Gasteiger partial charge on any atom is 0.166 e. The Kier molecular flexibility index (Phi) is 8.11. The standard InChI is InChI=1S/C16H13F2N4O.Hf/c17-16(18)23-14-7-5-13(6-8-14)21-10-22-15(20)12-3-1-11(9-19)2-4-12;/h1-10,19H,(H2,20,21,22);/q-1;. The minimum atomic E-state index is -2.12. The van der Waals surface area contributed by atoms with Crippen molar-refractivity contribution in [3.63, 3.8) is 0 Å². The van der Waals surface area contributed by atoms with Crippen molar-refractivity contribution in [2.24, 2.45) is 15.7 Å². The largest absolute Gasteiger partial charge is 0.599 e. The minimum Gasteiger partial charge on any atom is -0.599 e. The molecule has 0 aliphatic rings. The summed E-state index contributed by atoms with van der Waals surface area (Å²) in [4.78, 5) is 8.05. The maximum absolute atomic E-state index is 11.9. The molecule has 0 aliphatic heterocycles. The molecule has 0 spiro atoms. The van der Waals surface area contributed by atoms with Crippen molar-refractivity contribution in [1.82, 2.24) is 0 Å². The molecule has 0 amide bonds. The molecule has 24 heavy (non-hydrogen) atoms. The van der Waals surface area contributed by atoms with E-state index in [4.69, 9.17) is 11.1 Å². The van der Waals surface area contributed by atoms with Gasteiger partial charge < -0.3 is 24.7 Å². The first-order chi connectivity index (χ1) is 11.1. The van der Waals surface area contributed by atoms with Gasteiger partial charge in [-0.05, 0) is 29.8 Å². The molecule has 0 bridgehead atoms. The average molecular weight is 494 g/mol. The van der Waals surface area contributed by atoms with E-state index in [1.165, 1.54) is 36.8 Å². The molecule has 122 valence electrons. The number of benzene rings is 2. The van der Waals surface area contributed by atoms with Gasteiger partial charge in [0.1, 0.15) is 12.2 Å². The number of amidine groups is 1. The summed E-state index contributed by atoms with van der Waals surface area (Å²) in [5.74, 6) is 0.303. The fraction of sp³-hybridized carbons (Fsp3) is 0. The summed E-state index contributed by atoms with van der Waals surface area (Å²) in [7, 11) is 0. The predicted octanol–water partition coefficient (Wildman–Crippen LogP) is 3.51. The molecule has 8 heteroatoms. The van der Waals surface area contributed by atoms with Gasteiger partial charge in [0.15, 0.2) is 6.61 Å². The second-order valence-corrected chi connectivity index (χ2v) is 4.35. The Hall–Kier alpha value is -2.22. The average Bonchev–Trinajstić information content (AvgIpc) is 2.56. The fourth-order valence-electron chi connectivity index (χ4n) is 1.67. The number of halogens is 2. The van der Waals surface area contributed by atoms with Crippen LogP contribution in [0.2, 0.25) is 0 Å². The first-order valence-corrected chi connectivity index (χ1v) is 6.51. The van der Waals surface area contributed by atoms with Gasteiger partial charge >= 0.3 is 0 Å². The molecule has 0 saturated heterocycles. The summed E-state index contributed by atoms with van der Waals surface area (Å²) >= 11 is 0. The Labute approximate surface area is 156 Å². The summed E-state index contributed by atoms with van der Waals surface area (Å²) in [6, 6.07) is 12.8. The van der Waals surface area contributed by atoms with Crippen molar-refractivity contribution < 1.29 is 39.4 Å². The van der Waals surface area contributed by atoms with E-state index >= 15 is 0 Å². The zero-order chi connectivity index (χ0) is 16.7. The molecular formula is C16H13F2HfN4O-. The third kappa shape index (κ3) is 6.11. The predicted molar refractivity (Wildman–Crippen MR) is 85.7 cm³/mol. The summed E-state index contributed by atoms with van der Waals surface area (Å²) < 4.78 is 28.0. The van der Waals surface area contributed by atoms with Crippen molar-refractivity contribution in [2.45, 2.75) is 0 Å². The molecule has 3 N–H and O–H groups in total. The molecule has 0 atom stereocenters. The Morgan fingerprint density at radius 1 is 1.08 bits per heavy atom. The Balaban J connectivity index is 0.00000288. The Morgan fingerprint density at radius 3 is 2.25 bits per heavy atom. The third-order valence-corrected chi connectivity index (χ3v) is 2.81. The number of hydrogen-bond acceptors (Lipinski definition) is 3. The number of hydrogen-bond donors (Lipinski definition) is 2. The SMILES string of the molecule is N=Cc1ccc(C(N)=NC=Nc2ccc(O[C-](F)F)cc2)cc1.[Hf]. The first kappa shape index (κ1) is 19.8. The van der Waals surface area contributed by atoms with Gasteiger partial charge in [0, 0.05) is 37.6 Å². The van der Waals surface area contributed by atoms with Crippen molar-refractivity contribution in [2.75, 3.05) is 0 Å². The van der Waals surface area contributed by atoms with Crippen LogP contribution in [0.1, 0.15) is 11.1 Å². The summed E-state index contributed by atoms with van der Waals surface area (Å²) in [6.07, 6.45) is 2.51. The number of nitrogens with two attached hydrogens (primary N) is 1. The van der Waals surface area contributed by atoms with Crippen LogP contribution < -0.4 is 10.5 Å². The van der Waals surface area contributed by atoms with Crippen LogP contribution in [-0.4, -0.2) is 18.4 Å². The third-order valence-electron chi connectivity index (χ3n) is 2.81. The van der Waals surface area contributed by atoms with Crippen LogP contribution in [0.3, 0.4) is 0 Å². The molecule has 2 rings (SSSR count). The number of rotatable bonds is 6. The van der Waals surface area contributed by atoms with Gasteiger partial charge in [-0.3, -0.25) is 0 Å². The number of aliphatic imine (C=N–C) groups is 2. The fourth-order valence-corrected chi connectivity index (χ4v) is 1.67. The molecule has 0 saturated carbocycles. The van der Waals surface area contributed by atoms with Crippen LogP contribution in [0.25, 0.3) is 0 Å². The number of nitrogens with zero attached hydrogens (tertiary/aromatic N) is 2.